The highest BCUT2D eigenvalue weighted by Crippen LogP contribution is 2.18. The fraction of sp³-hybridized carbons (Fsp3) is 0.154. The van der Waals surface area contributed by atoms with Crippen LogP contribution in [0.3, 0.4) is 0 Å². The van der Waals surface area contributed by atoms with Crippen molar-refractivity contribution in [1.29, 1.82) is 0 Å². The molecule has 0 spiro atoms. The Morgan fingerprint density at radius 2 is 1.45 bits per heavy atom. The number of benzene rings is 3. The smallest absolute Gasteiger partial charge is 0.339 e. The summed E-state index contributed by atoms with van der Waals surface area (Å²) >= 11 is 0. The summed E-state index contributed by atoms with van der Waals surface area (Å²) in [5, 5.41) is 4.64. The summed E-state index contributed by atoms with van der Waals surface area (Å²) < 4.78 is 5.04. The second kappa shape index (κ2) is 10.9. The molecule has 0 saturated carbocycles. The van der Waals surface area contributed by atoms with E-state index in [1.807, 2.05) is 50.2 Å². The molecule has 33 heavy (non-hydrogen) atoms. The van der Waals surface area contributed by atoms with Crippen molar-refractivity contribution in [3.05, 3.63) is 106 Å². The van der Waals surface area contributed by atoms with Gasteiger partial charge in [-0.3, -0.25) is 14.9 Å². The number of ether oxygens (including phenoxy) is 1. The van der Waals surface area contributed by atoms with Gasteiger partial charge in [0.1, 0.15) is 0 Å². The van der Waals surface area contributed by atoms with Crippen LogP contribution < -0.4 is 10.6 Å². The van der Waals surface area contributed by atoms with Crippen molar-refractivity contribution >= 4 is 23.7 Å². The molecule has 0 aliphatic rings. The lowest BCUT2D eigenvalue weighted by molar-refractivity contribution is -0.123. The number of hydrogen-bond acceptors (Lipinski definition) is 5. The van der Waals surface area contributed by atoms with Gasteiger partial charge in [0.2, 0.25) is 0 Å². The van der Waals surface area contributed by atoms with Crippen molar-refractivity contribution in [1.82, 2.24) is 10.6 Å². The van der Waals surface area contributed by atoms with E-state index in [1.54, 1.807) is 24.3 Å². The van der Waals surface area contributed by atoms with E-state index in [0.717, 1.165) is 16.7 Å². The number of aryl methyl sites for hydroxylation is 2. The van der Waals surface area contributed by atoms with Crippen molar-refractivity contribution in [2.24, 2.45) is 0 Å². The second-order valence-corrected chi connectivity index (χ2v) is 7.47. The molecule has 3 amide bonds. The summed E-state index contributed by atoms with van der Waals surface area (Å²) in [5.74, 6) is -1.94. The van der Waals surface area contributed by atoms with Gasteiger partial charge in [-0.05, 0) is 42.7 Å². The topological polar surface area (TPSA) is 102 Å². The van der Waals surface area contributed by atoms with Crippen LogP contribution in [0.15, 0.2) is 72.8 Å². The van der Waals surface area contributed by atoms with Crippen LogP contribution in [0.4, 0.5) is 4.79 Å². The largest absolute Gasteiger partial charge is 0.452 e. The fourth-order valence-corrected chi connectivity index (χ4v) is 3.09. The normalized spacial score (nSPS) is 10.2. The van der Waals surface area contributed by atoms with Gasteiger partial charge >= 0.3 is 12.0 Å². The molecule has 7 heteroatoms. The number of hydrogen-bond donors (Lipinski definition) is 2. The molecule has 2 N–H and O–H groups in total. The van der Waals surface area contributed by atoms with E-state index in [1.165, 1.54) is 12.1 Å². The number of urea groups is 1. The van der Waals surface area contributed by atoms with Crippen LogP contribution in [0.25, 0.3) is 0 Å². The van der Waals surface area contributed by atoms with Gasteiger partial charge in [-0.25, -0.2) is 9.59 Å². The van der Waals surface area contributed by atoms with E-state index >= 15 is 0 Å². The van der Waals surface area contributed by atoms with Gasteiger partial charge in [-0.2, -0.15) is 0 Å². The predicted octanol–water partition coefficient (Wildman–Crippen LogP) is 3.72. The van der Waals surface area contributed by atoms with Gasteiger partial charge in [0.05, 0.1) is 5.56 Å². The predicted molar refractivity (Wildman–Crippen MR) is 123 cm³/mol. The number of esters is 1. The molecule has 0 aromatic heterocycles. The molecule has 0 bridgehead atoms. The molecule has 0 unspecified atom stereocenters. The van der Waals surface area contributed by atoms with Crippen molar-refractivity contribution in [3.63, 3.8) is 0 Å². The molecule has 0 atom stereocenters. The Bertz CT molecular complexity index is 1190. The van der Waals surface area contributed by atoms with Gasteiger partial charge < -0.3 is 10.1 Å². The molecule has 0 saturated heterocycles. The third-order valence-electron chi connectivity index (χ3n) is 5.04. The number of amides is 3. The maximum atomic E-state index is 13.0. The van der Waals surface area contributed by atoms with E-state index in [9.17, 15) is 19.2 Å². The average molecular weight is 444 g/mol. The molecule has 0 fully saturated rings. The highest BCUT2D eigenvalue weighted by Gasteiger charge is 2.20. The zero-order chi connectivity index (χ0) is 23.8. The number of carbonyl (C=O) groups is 4. The Hall–Kier alpha value is -4.26. The quantitative estimate of drug-likeness (QED) is 0.427. The SMILES string of the molecule is Cc1ccc(C(=O)c2ccccc2C(=O)OCC(=O)NC(=O)NCc2ccccc2)cc1C. The number of rotatable bonds is 7. The summed E-state index contributed by atoms with van der Waals surface area (Å²) in [6.45, 7) is 3.43. The zero-order valence-electron chi connectivity index (χ0n) is 18.4. The summed E-state index contributed by atoms with van der Waals surface area (Å²) in [4.78, 5) is 49.4. The Labute approximate surface area is 191 Å². The Morgan fingerprint density at radius 3 is 2.15 bits per heavy atom. The molecule has 3 rings (SSSR count). The second-order valence-electron chi connectivity index (χ2n) is 7.47. The molecule has 3 aromatic rings. The standard InChI is InChI=1S/C26H24N2O5/c1-17-12-13-20(14-18(17)2)24(30)21-10-6-7-11-22(21)25(31)33-16-23(29)28-26(32)27-15-19-8-4-3-5-9-19/h3-14H,15-16H2,1-2H3,(H2,27,28,29,32). The first kappa shape index (κ1) is 23.4. The third kappa shape index (κ3) is 6.36. The first-order chi connectivity index (χ1) is 15.8. The molecule has 168 valence electrons. The highest BCUT2D eigenvalue weighted by molar-refractivity contribution is 6.14. The summed E-state index contributed by atoms with van der Waals surface area (Å²) in [5.41, 5.74) is 3.55. The van der Waals surface area contributed by atoms with Gasteiger partial charge in [0.15, 0.2) is 12.4 Å². The van der Waals surface area contributed by atoms with E-state index in [4.69, 9.17) is 4.74 Å². The minimum absolute atomic E-state index is 0.0436. The first-order valence-electron chi connectivity index (χ1n) is 10.3. The van der Waals surface area contributed by atoms with Crippen molar-refractivity contribution < 1.29 is 23.9 Å². The molecule has 0 aliphatic carbocycles. The molecular formula is C26H24N2O5. The minimum atomic E-state index is -0.831. The van der Waals surface area contributed by atoms with E-state index in [-0.39, 0.29) is 23.5 Å². The van der Waals surface area contributed by atoms with Crippen LogP contribution in [0, 0.1) is 13.8 Å². The van der Waals surface area contributed by atoms with Crippen LogP contribution in [0.2, 0.25) is 0 Å². The fourth-order valence-electron chi connectivity index (χ4n) is 3.09. The molecule has 3 aromatic carbocycles. The Balaban J connectivity index is 1.58. The number of ketones is 1. The maximum absolute atomic E-state index is 13.0. The van der Waals surface area contributed by atoms with Crippen molar-refractivity contribution in [2.75, 3.05) is 6.61 Å². The summed E-state index contributed by atoms with van der Waals surface area (Å²) in [6, 6.07) is 20.0. The van der Waals surface area contributed by atoms with Crippen molar-refractivity contribution in [2.45, 2.75) is 20.4 Å². The lowest BCUT2D eigenvalue weighted by Crippen LogP contribution is -2.41. The van der Waals surface area contributed by atoms with Crippen molar-refractivity contribution in [3.8, 4) is 0 Å². The monoisotopic (exact) mass is 444 g/mol. The van der Waals surface area contributed by atoms with E-state index in [2.05, 4.69) is 10.6 Å². The Morgan fingerprint density at radius 1 is 0.788 bits per heavy atom. The maximum Gasteiger partial charge on any atom is 0.339 e. The molecule has 7 nitrogen and oxygen atoms in total. The van der Waals surface area contributed by atoms with Gasteiger partial charge in [-0.15, -0.1) is 0 Å². The molecular weight excluding hydrogens is 420 g/mol. The van der Waals surface area contributed by atoms with Gasteiger partial charge in [0.25, 0.3) is 5.91 Å². The van der Waals surface area contributed by atoms with E-state index < -0.39 is 24.5 Å². The Kier molecular flexibility index (Phi) is 7.70. The average Bonchev–Trinajstić information content (AvgIpc) is 2.83. The minimum Gasteiger partial charge on any atom is -0.452 e. The van der Waals surface area contributed by atoms with Crippen LogP contribution in [-0.2, 0) is 16.1 Å². The molecule has 0 radical (unpaired) electrons. The lowest BCUT2D eigenvalue weighted by Gasteiger charge is -2.10. The third-order valence-corrected chi connectivity index (χ3v) is 5.04. The van der Waals surface area contributed by atoms with Crippen LogP contribution >= 0.6 is 0 Å². The lowest BCUT2D eigenvalue weighted by atomic mass is 9.96. The summed E-state index contributed by atoms with van der Waals surface area (Å²) in [6.07, 6.45) is 0. The van der Waals surface area contributed by atoms with Gasteiger partial charge in [0, 0.05) is 17.7 Å². The first-order valence-corrected chi connectivity index (χ1v) is 10.3. The zero-order valence-corrected chi connectivity index (χ0v) is 18.4. The van der Waals surface area contributed by atoms with E-state index in [0.29, 0.717) is 5.56 Å². The van der Waals surface area contributed by atoms with Gasteiger partial charge in [-0.1, -0.05) is 60.7 Å². The number of nitrogens with one attached hydrogen (secondary N) is 2. The van der Waals surface area contributed by atoms with Crippen LogP contribution in [-0.4, -0.2) is 30.3 Å². The molecule has 0 aliphatic heterocycles. The van der Waals surface area contributed by atoms with Crippen LogP contribution in [0.5, 0.6) is 0 Å². The molecule has 0 heterocycles. The number of carbonyl (C=O) groups excluding carboxylic acids is 4. The van der Waals surface area contributed by atoms with Crippen LogP contribution in [0.1, 0.15) is 43.0 Å². The highest BCUT2D eigenvalue weighted by atomic mass is 16.5. The number of imide groups is 1. The summed E-state index contributed by atoms with van der Waals surface area (Å²) in [7, 11) is 0.